The monoisotopic (exact) mass is 324 g/mol. The lowest BCUT2D eigenvalue weighted by molar-refractivity contribution is -0.111. The highest BCUT2D eigenvalue weighted by molar-refractivity contribution is 6.01. The van der Waals surface area contributed by atoms with Crippen LogP contribution in [0.2, 0.25) is 0 Å². The second-order valence-corrected chi connectivity index (χ2v) is 6.27. The molecule has 1 aromatic heterocycles. The molecule has 4 nitrogen and oxygen atoms in total. The van der Waals surface area contributed by atoms with Gasteiger partial charge in [-0.2, -0.15) is 0 Å². The number of amides is 1. The molecule has 1 aliphatic rings. The second-order valence-electron chi connectivity index (χ2n) is 6.27. The highest BCUT2D eigenvalue weighted by Gasteiger charge is 2.10. The van der Waals surface area contributed by atoms with E-state index in [-0.39, 0.29) is 5.91 Å². The first-order chi connectivity index (χ1) is 11.7. The molecule has 1 aromatic carbocycles. The van der Waals surface area contributed by atoms with Crippen molar-refractivity contribution in [3.63, 3.8) is 0 Å². The van der Waals surface area contributed by atoms with E-state index < -0.39 is 0 Å². The normalized spacial score (nSPS) is 15.2. The number of carbonyl (C=O) groups excluding carboxylic acids is 1. The van der Waals surface area contributed by atoms with Crippen LogP contribution in [0.5, 0.6) is 0 Å². The molecule has 0 atom stereocenters. The van der Waals surface area contributed by atoms with Crippen molar-refractivity contribution >= 4 is 17.7 Å². The molecule has 1 saturated heterocycles. The van der Waals surface area contributed by atoms with Crippen molar-refractivity contribution in [3.05, 3.63) is 59.6 Å². The second kappa shape index (κ2) is 7.97. The average Bonchev–Trinajstić information content (AvgIpc) is 3.24. The molecule has 0 saturated carbocycles. The first-order valence-corrected chi connectivity index (χ1v) is 8.56. The summed E-state index contributed by atoms with van der Waals surface area (Å²) in [6, 6.07) is 11.8. The van der Waals surface area contributed by atoms with Crippen LogP contribution in [0, 0.1) is 6.92 Å². The fraction of sp³-hybridized carbons (Fsp3) is 0.350. The van der Waals surface area contributed by atoms with Crippen molar-refractivity contribution in [1.82, 2.24) is 4.90 Å². The molecule has 0 bridgehead atoms. The number of hydrogen-bond donors (Lipinski definition) is 1. The number of furan rings is 1. The molecule has 1 amide bonds. The zero-order valence-corrected chi connectivity index (χ0v) is 14.1. The minimum atomic E-state index is -0.158. The van der Waals surface area contributed by atoms with E-state index in [1.165, 1.54) is 37.6 Å². The Morgan fingerprint density at radius 3 is 2.58 bits per heavy atom. The zero-order chi connectivity index (χ0) is 16.8. The number of nitrogens with one attached hydrogen (secondary N) is 1. The highest BCUT2D eigenvalue weighted by Crippen LogP contribution is 2.13. The summed E-state index contributed by atoms with van der Waals surface area (Å²) in [5.74, 6) is 1.35. The molecule has 1 N–H and O–H groups in total. The minimum Gasteiger partial charge on any atom is -0.462 e. The van der Waals surface area contributed by atoms with Crippen molar-refractivity contribution in [2.45, 2.75) is 26.2 Å². The first-order valence-electron chi connectivity index (χ1n) is 8.56. The van der Waals surface area contributed by atoms with Gasteiger partial charge in [-0.1, -0.05) is 12.1 Å². The van der Waals surface area contributed by atoms with Crippen LogP contribution in [0.3, 0.4) is 0 Å². The number of nitrogens with zero attached hydrogens (tertiary/aromatic N) is 1. The molecule has 2 heterocycles. The maximum absolute atomic E-state index is 11.9. The van der Waals surface area contributed by atoms with Gasteiger partial charge >= 0.3 is 0 Å². The van der Waals surface area contributed by atoms with Crippen LogP contribution in [0.1, 0.15) is 29.9 Å². The molecule has 0 aliphatic carbocycles. The van der Waals surface area contributed by atoms with Crippen LogP contribution in [-0.2, 0) is 11.2 Å². The Labute approximate surface area is 143 Å². The maximum atomic E-state index is 11.9. The van der Waals surface area contributed by atoms with Gasteiger partial charge in [-0.15, -0.1) is 0 Å². The number of hydrogen-bond acceptors (Lipinski definition) is 3. The summed E-state index contributed by atoms with van der Waals surface area (Å²) in [7, 11) is 0. The van der Waals surface area contributed by atoms with Crippen LogP contribution >= 0.6 is 0 Å². The minimum absolute atomic E-state index is 0.158. The molecule has 0 radical (unpaired) electrons. The van der Waals surface area contributed by atoms with Crippen LogP contribution in [0.4, 0.5) is 5.69 Å². The number of aryl methyl sites for hydroxylation is 1. The molecule has 0 spiro atoms. The lowest BCUT2D eigenvalue weighted by atomic mass is 10.1. The Morgan fingerprint density at radius 1 is 1.17 bits per heavy atom. The Hall–Kier alpha value is -2.33. The zero-order valence-electron chi connectivity index (χ0n) is 14.1. The SMILES string of the molecule is Cc1ccc(/C=C/C(=O)Nc2ccc(CCN3CCCC3)cc2)o1. The number of benzene rings is 1. The van der Waals surface area contributed by atoms with Crippen LogP contribution in [0.25, 0.3) is 6.08 Å². The number of rotatable bonds is 6. The topological polar surface area (TPSA) is 45.5 Å². The van der Waals surface area contributed by atoms with Gasteiger partial charge in [0.1, 0.15) is 11.5 Å². The maximum Gasteiger partial charge on any atom is 0.248 e. The summed E-state index contributed by atoms with van der Waals surface area (Å²) in [6.45, 7) is 5.46. The van der Waals surface area contributed by atoms with Gasteiger partial charge in [-0.25, -0.2) is 0 Å². The van der Waals surface area contributed by atoms with Gasteiger partial charge in [0.15, 0.2) is 0 Å². The molecular formula is C20H24N2O2. The molecule has 1 fully saturated rings. The van der Waals surface area contributed by atoms with Crippen molar-refractivity contribution in [3.8, 4) is 0 Å². The molecule has 2 aromatic rings. The van der Waals surface area contributed by atoms with Gasteiger partial charge in [0, 0.05) is 18.3 Å². The van der Waals surface area contributed by atoms with Crippen molar-refractivity contribution in [1.29, 1.82) is 0 Å². The van der Waals surface area contributed by atoms with E-state index in [2.05, 4.69) is 22.3 Å². The number of likely N-dealkylation sites (tertiary alicyclic amines) is 1. The Kier molecular flexibility index (Phi) is 5.49. The van der Waals surface area contributed by atoms with Gasteiger partial charge in [-0.05, 0) is 75.2 Å². The first kappa shape index (κ1) is 16.5. The standard InChI is InChI=1S/C20H24N2O2/c1-16-4-9-19(24-16)10-11-20(23)21-18-7-5-17(6-8-18)12-15-22-13-2-3-14-22/h4-11H,2-3,12-15H2,1H3,(H,21,23)/b11-10+. The predicted octanol–water partition coefficient (Wildman–Crippen LogP) is 3.88. The lowest BCUT2D eigenvalue weighted by Gasteiger charge is -2.14. The molecule has 1 aliphatic heterocycles. The summed E-state index contributed by atoms with van der Waals surface area (Å²) in [4.78, 5) is 14.4. The van der Waals surface area contributed by atoms with Crippen LogP contribution in [-0.4, -0.2) is 30.4 Å². The van der Waals surface area contributed by atoms with E-state index in [0.29, 0.717) is 5.76 Å². The molecule has 3 rings (SSSR count). The van der Waals surface area contributed by atoms with Crippen molar-refractivity contribution in [2.75, 3.05) is 25.0 Å². The van der Waals surface area contributed by atoms with E-state index in [9.17, 15) is 4.79 Å². The van der Waals surface area contributed by atoms with Crippen molar-refractivity contribution < 1.29 is 9.21 Å². The summed E-state index contributed by atoms with van der Waals surface area (Å²) < 4.78 is 5.40. The average molecular weight is 324 g/mol. The van der Waals surface area contributed by atoms with E-state index in [1.807, 2.05) is 31.2 Å². The quantitative estimate of drug-likeness (QED) is 0.820. The van der Waals surface area contributed by atoms with E-state index in [4.69, 9.17) is 4.42 Å². The summed E-state index contributed by atoms with van der Waals surface area (Å²) in [6.07, 6.45) is 6.88. The van der Waals surface area contributed by atoms with E-state index in [1.54, 1.807) is 6.08 Å². The molecule has 4 heteroatoms. The fourth-order valence-electron chi connectivity index (χ4n) is 2.93. The molecular weight excluding hydrogens is 300 g/mol. The van der Waals surface area contributed by atoms with Crippen molar-refractivity contribution in [2.24, 2.45) is 0 Å². The van der Waals surface area contributed by atoms with E-state index >= 15 is 0 Å². The van der Waals surface area contributed by atoms with Gasteiger partial charge in [0.2, 0.25) is 5.91 Å². The molecule has 24 heavy (non-hydrogen) atoms. The number of carbonyl (C=O) groups is 1. The summed E-state index contributed by atoms with van der Waals surface area (Å²) in [5, 5.41) is 2.87. The third-order valence-corrected chi connectivity index (χ3v) is 4.30. The number of anilines is 1. The van der Waals surface area contributed by atoms with E-state index in [0.717, 1.165) is 24.4 Å². The molecule has 126 valence electrons. The smallest absolute Gasteiger partial charge is 0.248 e. The Balaban J connectivity index is 1.48. The molecule has 0 unspecified atom stereocenters. The largest absolute Gasteiger partial charge is 0.462 e. The van der Waals surface area contributed by atoms with Crippen LogP contribution in [0.15, 0.2) is 46.9 Å². The predicted molar refractivity (Wildman–Crippen MR) is 96.9 cm³/mol. The summed E-state index contributed by atoms with van der Waals surface area (Å²) >= 11 is 0. The van der Waals surface area contributed by atoms with Gasteiger partial charge in [0.05, 0.1) is 0 Å². The Bertz CT molecular complexity index is 695. The van der Waals surface area contributed by atoms with Gasteiger partial charge in [-0.3, -0.25) is 4.79 Å². The third kappa shape index (κ3) is 4.83. The highest BCUT2D eigenvalue weighted by atomic mass is 16.3. The summed E-state index contributed by atoms with van der Waals surface area (Å²) in [5.41, 5.74) is 2.12. The van der Waals surface area contributed by atoms with Gasteiger partial charge < -0.3 is 14.6 Å². The fourth-order valence-corrected chi connectivity index (χ4v) is 2.93. The lowest BCUT2D eigenvalue weighted by Crippen LogP contribution is -2.21. The van der Waals surface area contributed by atoms with Crippen LogP contribution < -0.4 is 5.32 Å². The third-order valence-electron chi connectivity index (χ3n) is 4.30. The Morgan fingerprint density at radius 2 is 1.92 bits per heavy atom. The van der Waals surface area contributed by atoms with Gasteiger partial charge in [0.25, 0.3) is 0 Å².